The number of rotatable bonds is 5. The summed E-state index contributed by atoms with van der Waals surface area (Å²) >= 11 is 0. The number of hydrogen-bond acceptors (Lipinski definition) is 5. The molecule has 0 aliphatic rings. The fraction of sp³-hybridized carbons (Fsp3) is 0.136. The lowest BCUT2D eigenvalue weighted by Crippen LogP contribution is -2.42. The second-order valence-electron chi connectivity index (χ2n) is 6.98. The first-order chi connectivity index (χ1) is 14.5. The number of pyridine rings is 3. The van der Waals surface area contributed by atoms with E-state index in [1.807, 2.05) is 19.1 Å². The van der Waals surface area contributed by atoms with Crippen molar-refractivity contribution in [2.45, 2.75) is 20.0 Å². The number of nitrogens with one attached hydrogen (secondary N) is 1. The second-order valence-corrected chi connectivity index (χ2v) is 6.98. The number of amides is 1. The Kier molecular flexibility index (Phi) is 4.97. The molecule has 4 aromatic heterocycles. The van der Waals surface area contributed by atoms with Crippen LogP contribution in [0.2, 0.25) is 0 Å². The highest BCUT2D eigenvalue weighted by Gasteiger charge is 2.23. The number of aromatic nitrogens is 4. The number of fused-ring (bicyclic) bond motifs is 2. The van der Waals surface area contributed by atoms with E-state index in [1.54, 1.807) is 41.4 Å². The van der Waals surface area contributed by atoms with Crippen LogP contribution in [0.1, 0.15) is 21.5 Å². The van der Waals surface area contributed by atoms with Crippen molar-refractivity contribution in [3.63, 3.8) is 0 Å². The lowest BCUT2D eigenvalue weighted by atomic mass is 10.1. The second kappa shape index (κ2) is 7.75. The van der Waals surface area contributed by atoms with Gasteiger partial charge in [0.05, 0.1) is 6.54 Å². The molecule has 0 saturated carbocycles. The molecule has 0 aromatic carbocycles. The van der Waals surface area contributed by atoms with Crippen LogP contribution in [-0.2, 0) is 13.1 Å². The van der Waals surface area contributed by atoms with Gasteiger partial charge in [0, 0.05) is 25.1 Å². The van der Waals surface area contributed by atoms with Crippen molar-refractivity contribution in [2.24, 2.45) is 0 Å². The molecular weight excluding hydrogens is 380 g/mol. The molecule has 0 bridgehead atoms. The number of nitrogens with two attached hydrogens (primary N) is 1. The van der Waals surface area contributed by atoms with E-state index in [4.69, 9.17) is 5.73 Å². The van der Waals surface area contributed by atoms with Gasteiger partial charge < -0.3 is 11.1 Å². The van der Waals surface area contributed by atoms with Gasteiger partial charge in [0.15, 0.2) is 0 Å². The van der Waals surface area contributed by atoms with Gasteiger partial charge >= 0.3 is 0 Å². The van der Waals surface area contributed by atoms with Crippen LogP contribution in [0, 0.1) is 6.92 Å². The molecule has 8 nitrogen and oxygen atoms in total. The molecule has 0 aliphatic heterocycles. The molecular formula is C22H21N6O2+. The topological polar surface area (TPSA) is 106 Å². The average Bonchev–Trinajstić information content (AvgIpc) is 2.75. The number of aryl methyl sites for hydroxylation is 1. The highest BCUT2D eigenvalue weighted by Crippen LogP contribution is 2.15. The molecule has 4 aromatic rings. The lowest BCUT2D eigenvalue weighted by Gasteiger charge is -2.11. The predicted octanol–water partition coefficient (Wildman–Crippen LogP) is 1.54. The molecule has 0 spiro atoms. The molecule has 0 saturated heterocycles. The quantitative estimate of drug-likeness (QED) is 0.300. The third-order valence-electron chi connectivity index (χ3n) is 4.83. The lowest BCUT2D eigenvalue weighted by molar-refractivity contribution is -0.648. The Morgan fingerprint density at radius 2 is 2.20 bits per heavy atom. The van der Waals surface area contributed by atoms with Crippen molar-refractivity contribution in [3.05, 3.63) is 88.6 Å². The molecule has 0 atom stereocenters. The minimum atomic E-state index is -0.384. The van der Waals surface area contributed by atoms with Gasteiger partial charge in [-0.2, -0.15) is 0 Å². The summed E-state index contributed by atoms with van der Waals surface area (Å²) in [6.07, 6.45) is 6.70. The van der Waals surface area contributed by atoms with E-state index in [9.17, 15) is 9.59 Å². The molecule has 3 N–H and O–H groups in total. The number of nitrogen functional groups attached to an aromatic ring is 1. The number of hydrogen-bond donors (Lipinski definition) is 2. The van der Waals surface area contributed by atoms with Gasteiger partial charge in [0.25, 0.3) is 17.1 Å². The average molecular weight is 401 g/mol. The number of nitrogens with zero attached hydrogens (tertiary/aromatic N) is 4. The van der Waals surface area contributed by atoms with Crippen molar-refractivity contribution >= 4 is 28.4 Å². The molecule has 150 valence electrons. The van der Waals surface area contributed by atoms with E-state index >= 15 is 0 Å². The van der Waals surface area contributed by atoms with Gasteiger partial charge in [-0.3, -0.25) is 19.0 Å². The molecule has 0 unspecified atom stereocenters. The van der Waals surface area contributed by atoms with E-state index in [0.717, 1.165) is 11.1 Å². The standard InChI is InChI=1S/C22H20N6O2/c1-3-9-27-19(23)16(21(29)25-12-15-5-4-8-24-11-15)10-17-20(27)26-18-7-6-14(2)13-28(18)22(17)30/h3-8,10-11,13,23H,1,9,12H2,2H3,(H,25,29)/p+1. The van der Waals surface area contributed by atoms with Gasteiger partial charge in [-0.25, -0.2) is 4.57 Å². The van der Waals surface area contributed by atoms with Gasteiger partial charge in [-0.15, -0.1) is 0 Å². The highest BCUT2D eigenvalue weighted by atomic mass is 16.1. The monoisotopic (exact) mass is 401 g/mol. The molecule has 30 heavy (non-hydrogen) atoms. The maximum atomic E-state index is 13.2. The van der Waals surface area contributed by atoms with Crippen molar-refractivity contribution in [2.75, 3.05) is 5.73 Å². The molecule has 4 rings (SSSR count). The zero-order valence-corrected chi connectivity index (χ0v) is 16.5. The fourth-order valence-corrected chi connectivity index (χ4v) is 3.33. The summed E-state index contributed by atoms with van der Waals surface area (Å²) in [5, 5.41) is 3.13. The number of carbonyl (C=O) groups is 1. The van der Waals surface area contributed by atoms with Crippen molar-refractivity contribution in [1.29, 1.82) is 0 Å². The Labute approximate surface area is 172 Å². The predicted molar refractivity (Wildman–Crippen MR) is 114 cm³/mol. The SMILES string of the molecule is C=CC[n+]1c(N)c(C(=O)NCc2cccnc2)cc2c(=O)n3cc(C)ccc3nc21. The van der Waals surface area contributed by atoms with E-state index < -0.39 is 0 Å². The van der Waals surface area contributed by atoms with Crippen LogP contribution in [0.25, 0.3) is 16.7 Å². The smallest absolute Gasteiger partial charge is 0.278 e. The fourth-order valence-electron chi connectivity index (χ4n) is 3.33. The summed E-state index contributed by atoms with van der Waals surface area (Å²) in [5.41, 5.74) is 8.95. The third-order valence-corrected chi connectivity index (χ3v) is 4.83. The maximum absolute atomic E-state index is 13.2. The molecule has 0 aliphatic carbocycles. The Hall–Kier alpha value is -4.07. The normalized spacial score (nSPS) is 11.0. The van der Waals surface area contributed by atoms with Crippen molar-refractivity contribution in [3.8, 4) is 0 Å². The van der Waals surface area contributed by atoms with Gasteiger partial charge in [-0.05, 0) is 36.2 Å². The first-order valence-corrected chi connectivity index (χ1v) is 9.42. The van der Waals surface area contributed by atoms with Crippen LogP contribution >= 0.6 is 0 Å². The van der Waals surface area contributed by atoms with Crippen LogP contribution < -0.4 is 21.2 Å². The van der Waals surface area contributed by atoms with Crippen LogP contribution in [0.4, 0.5) is 5.82 Å². The van der Waals surface area contributed by atoms with Gasteiger partial charge in [0.2, 0.25) is 11.5 Å². The summed E-state index contributed by atoms with van der Waals surface area (Å²) in [6.45, 7) is 6.25. The first kappa shape index (κ1) is 19.3. The number of carbonyl (C=O) groups excluding carboxylic acids is 1. The Morgan fingerprint density at radius 3 is 2.93 bits per heavy atom. The largest absolute Gasteiger partial charge is 0.348 e. The Balaban J connectivity index is 1.87. The number of allylic oxidation sites excluding steroid dienone is 1. The van der Waals surface area contributed by atoms with Crippen LogP contribution in [0.15, 0.2) is 66.4 Å². The minimum Gasteiger partial charge on any atom is -0.348 e. The van der Waals surface area contributed by atoms with Crippen LogP contribution in [0.5, 0.6) is 0 Å². The number of anilines is 1. The van der Waals surface area contributed by atoms with Gasteiger partial charge in [-0.1, -0.05) is 29.8 Å². The molecule has 0 fully saturated rings. The Bertz CT molecular complexity index is 1350. The maximum Gasteiger partial charge on any atom is 0.278 e. The van der Waals surface area contributed by atoms with E-state index in [1.165, 1.54) is 10.5 Å². The van der Waals surface area contributed by atoms with E-state index in [0.29, 0.717) is 29.8 Å². The highest BCUT2D eigenvalue weighted by molar-refractivity contribution is 6.00. The van der Waals surface area contributed by atoms with Gasteiger partial charge in [0.1, 0.15) is 10.9 Å². The summed E-state index contributed by atoms with van der Waals surface area (Å²) in [5.74, 6) is -0.167. The first-order valence-electron chi connectivity index (χ1n) is 9.42. The summed E-state index contributed by atoms with van der Waals surface area (Å²) in [6, 6.07) is 8.82. The van der Waals surface area contributed by atoms with E-state index in [2.05, 4.69) is 21.9 Å². The van der Waals surface area contributed by atoms with Crippen LogP contribution in [-0.4, -0.2) is 20.3 Å². The third kappa shape index (κ3) is 3.39. The Morgan fingerprint density at radius 1 is 1.37 bits per heavy atom. The molecule has 0 radical (unpaired) electrons. The zero-order chi connectivity index (χ0) is 21.3. The van der Waals surface area contributed by atoms with Crippen molar-refractivity contribution in [1.82, 2.24) is 19.7 Å². The minimum absolute atomic E-state index is 0.208. The van der Waals surface area contributed by atoms with Crippen molar-refractivity contribution < 1.29 is 9.36 Å². The summed E-state index contributed by atoms with van der Waals surface area (Å²) < 4.78 is 3.10. The molecule has 8 heteroatoms. The van der Waals surface area contributed by atoms with E-state index in [-0.39, 0.29) is 22.8 Å². The molecule has 1 amide bonds. The van der Waals surface area contributed by atoms with Crippen LogP contribution in [0.3, 0.4) is 0 Å². The summed E-state index contributed by atoms with van der Waals surface area (Å²) in [7, 11) is 0. The summed E-state index contributed by atoms with van der Waals surface area (Å²) in [4.78, 5) is 34.7. The zero-order valence-electron chi connectivity index (χ0n) is 16.5. The molecule has 4 heterocycles.